The summed E-state index contributed by atoms with van der Waals surface area (Å²) >= 11 is 4.51. The van der Waals surface area contributed by atoms with Crippen molar-refractivity contribution in [3.8, 4) is 0 Å². The minimum atomic E-state index is 0.125. The standard InChI is InChI=1S/C16H30N2S/c1-12(2)18-11-10-14-8-6-4-5-7-9-15(14)16(18)17-13(3)19/h12-15,19H,4-11H2,1-3H3. The molecule has 0 amide bonds. The van der Waals surface area contributed by atoms with E-state index in [1.165, 1.54) is 57.3 Å². The van der Waals surface area contributed by atoms with Gasteiger partial charge in [0.15, 0.2) is 0 Å². The first-order chi connectivity index (χ1) is 9.09. The van der Waals surface area contributed by atoms with Gasteiger partial charge < -0.3 is 4.90 Å². The molecule has 3 unspecified atom stereocenters. The summed E-state index contributed by atoms with van der Waals surface area (Å²) in [4.78, 5) is 7.44. The molecule has 1 aliphatic heterocycles. The molecular weight excluding hydrogens is 252 g/mol. The number of piperidine rings is 1. The number of amidine groups is 1. The molecule has 2 aliphatic rings. The topological polar surface area (TPSA) is 15.6 Å². The van der Waals surface area contributed by atoms with E-state index >= 15 is 0 Å². The second-order valence-electron chi connectivity index (χ2n) is 6.55. The van der Waals surface area contributed by atoms with Gasteiger partial charge in [-0.1, -0.05) is 25.7 Å². The molecule has 3 heteroatoms. The van der Waals surface area contributed by atoms with E-state index in [2.05, 4.69) is 38.3 Å². The fraction of sp³-hybridized carbons (Fsp3) is 0.938. The summed E-state index contributed by atoms with van der Waals surface area (Å²) in [5.74, 6) is 2.95. The van der Waals surface area contributed by atoms with Crippen molar-refractivity contribution in [3.05, 3.63) is 0 Å². The van der Waals surface area contributed by atoms with Crippen molar-refractivity contribution >= 4 is 18.5 Å². The number of likely N-dealkylation sites (tertiary alicyclic amines) is 1. The van der Waals surface area contributed by atoms with Gasteiger partial charge in [0.05, 0.1) is 5.37 Å². The quantitative estimate of drug-likeness (QED) is 0.744. The van der Waals surface area contributed by atoms with Crippen LogP contribution in [0.15, 0.2) is 4.99 Å². The van der Waals surface area contributed by atoms with Gasteiger partial charge in [0.2, 0.25) is 0 Å². The predicted octanol–water partition coefficient (Wildman–Crippen LogP) is 4.36. The van der Waals surface area contributed by atoms with Crippen LogP contribution in [0.1, 0.15) is 65.7 Å². The van der Waals surface area contributed by atoms with Gasteiger partial charge >= 0.3 is 0 Å². The molecule has 1 saturated carbocycles. The van der Waals surface area contributed by atoms with Gasteiger partial charge in [-0.15, -0.1) is 0 Å². The lowest BCUT2D eigenvalue weighted by atomic mass is 9.76. The van der Waals surface area contributed by atoms with Crippen LogP contribution in [0.25, 0.3) is 0 Å². The van der Waals surface area contributed by atoms with E-state index in [1.54, 1.807) is 0 Å². The van der Waals surface area contributed by atoms with Crippen LogP contribution < -0.4 is 0 Å². The summed E-state index contributed by atoms with van der Waals surface area (Å²) in [7, 11) is 0. The summed E-state index contributed by atoms with van der Waals surface area (Å²) in [5, 5.41) is 0.125. The molecule has 0 aromatic rings. The van der Waals surface area contributed by atoms with Crippen LogP contribution in [-0.4, -0.2) is 28.7 Å². The summed E-state index contributed by atoms with van der Waals surface area (Å²) in [6.45, 7) is 7.86. The molecule has 0 N–H and O–H groups in total. The predicted molar refractivity (Wildman–Crippen MR) is 87.0 cm³/mol. The van der Waals surface area contributed by atoms with Gasteiger partial charge in [-0.2, -0.15) is 12.6 Å². The summed E-state index contributed by atoms with van der Waals surface area (Å²) in [6, 6.07) is 0.567. The van der Waals surface area contributed by atoms with Crippen molar-refractivity contribution in [2.45, 2.75) is 77.1 Å². The maximum Gasteiger partial charge on any atom is 0.104 e. The molecule has 110 valence electrons. The van der Waals surface area contributed by atoms with Gasteiger partial charge in [0, 0.05) is 18.5 Å². The van der Waals surface area contributed by atoms with Crippen LogP contribution >= 0.6 is 12.6 Å². The van der Waals surface area contributed by atoms with Crippen LogP contribution in [0.2, 0.25) is 0 Å². The third kappa shape index (κ3) is 3.90. The first-order valence-corrected chi connectivity index (χ1v) is 8.63. The Kier molecular flexibility index (Phi) is 5.61. The van der Waals surface area contributed by atoms with E-state index in [-0.39, 0.29) is 5.37 Å². The highest BCUT2D eigenvalue weighted by Gasteiger charge is 2.35. The van der Waals surface area contributed by atoms with Gasteiger partial charge in [0.1, 0.15) is 5.84 Å². The van der Waals surface area contributed by atoms with Gasteiger partial charge in [-0.3, -0.25) is 4.99 Å². The second kappa shape index (κ2) is 7.01. The Bertz CT molecular complexity index is 312. The summed E-state index contributed by atoms with van der Waals surface area (Å²) in [5.41, 5.74) is 0. The monoisotopic (exact) mass is 282 g/mol. The fourth-order valence-electron chi connectivity index (χ4n) is 3.76. The fourth-order valence-corrected chi connectivity index (χ4v) is 3.88. The van der Waals surface area contributed by atoms with Crippen LogP contribution in [0.5, 0.6) is 0 Å². The first-order valence-electron chi connectivity index (χ1n) is 8.12. The van der Waals surface area contributed by atoms with Crippen molar-refractivity contribution < 1.29 is 0 Å². The molecule has 0 aromatic heterocycles. The molecule has 0 bridgehead atoms. The van der Waals surface area contributed by atoms with Gasteiger partial charge in [-0.25, -0.2) is 0 Å². The lowest BCUT2D eigenvalue weighted by Gasteiger charge is -2.44. The normalized spacial score (nSPS) is 32.9. The smallest absolute Gasteiger partial charge is 0.104 e. The zero-order valence-electron chi connectivity index (χ0n) is 12.8. The highest BCUT2D eigenvalue weighted by Crippen LogP contribution is 2.36. The average molecular weight is 282 g/mol. The molecule has 2 fully saturated rings. The molecular formula is C16H30N2S. The number of fused-ring (bicyclic) bond motifs is 1. The van der Waals surface area contributed by atoms with E-state index < -0.39 is 0 Å². The molecule has 3 atom stereocenters. The molecule has 1 saturated heterocycles. The number of hydrogen-bond donors (Lipinski definition) is 1. The minimum absolute atomic E-state index is 0.125. The van der Waals surface area contributed by atoms with Crippen LogP contribution in [0.3, 0.4) is 0 Å². The van der Waals surface area contributed by atoms with E-state index in [0.29, 0.717) is 12.0 Å². The Morgan fingerprint density at radius 3 is 2.37 bits per heavy atom. The second-order valence-corrected chi connectivity index (χ2v) is 7.30. The van der Waals surface area contributed by atoms with E-state index in [4.69, 9.17) is 4.99 Å². The van der Waals surface area contributed by atoms with Crippen LogP contribution in [0, 0.1) is 11.8 Å². The summed E-state index contributed by atoms with van der Waals surface area (Å²) in [6.07, 6.45) is 9.77. The third-order valence-electron chi connectivity index (χ3n) is 4.72. The highest BCUT2D eigenvalue weighted by atomic mass is 32.1. The first kappa shape index (κ1) is 15.2. The number of rotatable bonds is 2. The third-order valence-corrected chi connectivity index (χ3v) is 4.83. The number of thiol groups is 1. The SMILES string of the molecule is CC(S)N=C1C2CCCCCCC2CCN1C(C)C. The Labute approximate surface area is 124 Å². The number of hydrogen-bond acceptors (Lipinski definition) is 2. The highest BCUT2D eigenvalue weighted by molar-refractivity contribution is 7.80. The van der Waals surface area contributed by atoms with Crippen molar-refractivity contribution in [1.82, 2.24) is 4.90 Å². The lowest BCUT2D eigenvalue weighted by Crippen LogP contribution is -2.49. The maximum atomic E-state index is 4.90. The maximum absolute atomic E-state index is 4.90. The molecule has 2 nitrogen and oxygen atoms in total. The van der Waals surface area contributed by atoms with Gasteiger partial charge in [0.25, 0.3) is 0 Å². The number of nitrogens with zero attached hydrogens (tertiary/aromatic N) is 2. The van der Waals surface area contributed by atoms with Crippen LogP contribution in [-0.2, 0) is 0 Å². The minimum Gasteiger partial charge on any atom is -0.358 e. The van der Waals surface area contributed by atoms with E-state index in [0.717, 1.165) is 5.92 Å². The molecule has 1 heterocycles. The Morgan fingerprint density at radius 2 is 1.74 bits per heavy atom. The average Bonchev–Trinajstić information content (AvgIpc) is 2.29. The number of aliphatic imine (C=N–C) groups is 1. The zero-order chi connectivity index (χ0) is 13.8. The van der Waals surface area contributed by atoms with Gasteiger partial charge in [-0.05, 0) is 46.0 Å². The Balaban J connectivity index is 2.21. The zero-order valence-corrected chi connectivity index (χ0v) is 13.7. The Morgan fingerprint density at radius 1 is 1.05 bits per heavy atom. The molecule has 1 aliphatic carbocycles. The Hall–Kier alpha value is -0.180. The molecule has 0 aromatic carbocycles. The molecule has 0 spiro atoms. The molecule has 19 heavy (non-hydrogen) atoms. The van der Waals surface area contributed by atoms with Crippen molar-refractivity contribution in [3.63, 3.8) is 0 Å². The summed E-state index contributed by atoms with van der Waals surface area (Å²) < 4.78 is 0. The van der Waals surface area contributed by atoms with E-state index in [9.17, 15) is 0 Å². The molecule has 0 radical (unpaired) electrons. The van der Waals surface area contributed by atoms with Crippen molar-refractivity contribution in [2.75, 3.05) is 6.54 Å². The largest absolute Gasteiger partial charge is 0.358 e. The van der Waals surface area contributed by atoms with Crippen molar-refractivity contribution in [1.29, 1.82) is 0 Å². The van der Waals surface area contributed by atoms with E-state index in [1.807, 2.05) is 0 Å². The lowest BCUT2D eigenvalue weighted by molar-refractivity contribution is 0.196. The van der Waals surface area contributed by atoms with Crippen molar-refractivity contribution in [2.24, 2.45) is 16.8 Å². The van der Waals surface area contributed by atoms with Crippen LogP contribution in [0.4, 0.5) is 0 Å². The molecule has 2 rings (SSSR count).